The van der Waals surface area contributed by atoms with Crippen LogP contribution < -0.4 is 9.47 Å². The van der Waals surface area contributed by atoms with Gasteiger partial charge in [0.2, 0.25) is 0 Å². The third kappa shape index (κ3) is 3.24. The van der Waals surface area contributed by atoms with Gasteiger partial charge in [0, 0.05) is 7.11 Å². The summed E-state index contributed by atoms with van der Waals surface area (Å²) in [5.74, 6) is 1.18. The summed E-state index contributed by atoms with van der Waals surface area (Å²) in [6.07, 6.45) is 0.647. The number of rotatable bonds is 6. The molecule has 0 saturated heterocycles. The second-order valence-corrected chi connectivity index (χ2v) is 3.41. The molecule has 1 atom stereocenters. The van der Waals surface area contributed by atoms with Crippen molar-refractivity contribution in [3.8, 4) is 11.5 Å². The summed E-state index contributed by atoms with van der Waals surface area (Å²) >= 11 is 0. The smallest absolute Gasteiger partial charge is 0.153 e. The number of aldehydes is 1. The topological polar surface area (TPSA) is 44.8 Å². The Morgan fingerprint density at radius 1 is 1.38 bits per heavy atom. The van der Waals surface area contributed by atoms with Gasteiger partial charge in [-0.1, -0.05) is 0 Å². The Balaban J connectivity index is 2.83. The summed E-state index contributed by atoms with van der Waals surface area (Å²) in [6, 6.07) is 5.11. The Morgan fingerprint density at radius 3 is 2.69 bits per heavy atom. The highest BCUT2D eigenvalue weighted by atomic mass is 16.5. The lowest BCUT2D eigenvalue weighted by atomic mass is 10.2. The summed E-state index contributed by atoms with van der Waals surface area (Å²) in [5, 5.41) is 0. The Kier molecular flexibility index (Phi) is 4.79. The average Bonchev–Trinajstić information content (AvgIpc) is 2.30. The van der Waals surface area contributed by atoms with Gasteiger partial charge in [0.1, 0.15) is 17.6 Å². The van der Waals surface area contributed by atoms with Crippen LogP contribution in [0.2, 0.25) is 0 Å². The Labute approximate surface area is 95.1 Å². The van der Waals surface area contributed by atoms with Gasteiger partial charge in [0.25, 0.3) is 0 Å². The molecule has 0 radical (unpaired) electrons. The first-order chi connectivity index (χ1) is 7.71. The predicted octanol–water partition coefficient (Wildman–Crippen LogP) is 1.92. The molecule has 0 aliphatic heterocycles. The number of carbonyl (C=O) groups excluding carboxylic acids is 1. The van der Waals surface area contributed by atoms with E-state index in [1.54, 1.807) is 32.4 Å². The lowest BCUT2D eigenvalue weighted by Crippen LogP contribution is -2.18. The summed E-state index contributed by atoms with van der Waals surface area (Å²) in [7, 11) is 3.16. The molecule has 4 nitrogen and oxygen atoms in total. The van der Waals surface area contributed by atoms with Crippen molar-refractivity contribution in [1.82, 2.24) is 0 Å². The van der Waals surface area contributed by atoms with Crippen molar-refractivity contribution in [3.63, 3.8) is 0 Å². The van der Waals surface area contributed by atoms with Crippen LogP contribution in [0.25, 0.3) is 0 Å². The van der Waals surface area contributed by atoms with Crippen molar-refractivity contribution in [1.29, 1.82) is 0 Å². The van der Waals surface area contributed by atoms with Crippen molar-refractivity contribution in [2.24, 2.45) is 0 Å². The van der Waals surface area contributed by atoms with Crippen LogP contribution in [0.1, 0.15) is 17.3 Å². The van der Waals surface area contributed by atoms with Crippen LogP contribution in [0.3, 0.4) is 0 Å². The average molecular weight is 224 g/mol. The molecule has 0 aliphatic carbocycles. The maximum absolute atomic E-state index is 10.9. The predicted molar refractivity (Wildman–Crippen MR) is 60.3 cm³/mol. The summed E-state index contributed by atoms with van der Waals surface area (Å²) in [5.41, 5.74) is 0.474. The second kappa shape index (κ2) is 6.12. The van der Waals surface area contributed by atoms with E-state index >= 15 is 0 Å². The third-order valence-electron chi connectivity index (χ3n) is 2.07. The van der Waals surface area contributed by atoms with Gasteiger partial charge in [-0.3, -0.25) is 4.79 Å². The van der Waals surface area contributed by atoms with Crippen LogP contribution in [0.5, 0.6) is 11.5 Å². The highest BCUT2D eigenvalue weighted by Crippen LogP contribution is 2.23. The number of hydrogen-bond donors (Lipinski definition) is 0. The van der Waals surface area contributed by atoms with Crippen LogP contribution in [0.15, 0.2) is 18.2 Å². The zero-order valence-electron chi connectivity index (χ0n) is 9.73. The van der Waals surface area contributed by atoms with Crippen LogP contribution in [0, 0.1) is 0 Å². The molecular weight excluding hydrogens is 208 g/mol. The second-order valence-electron chi connectivity index (χ2n) is 3.41. The monoisotopic (exact) mass is 224 g/mol. The zero-order valence-corrected chi connectivity index (χ0v) is 9.73. The molecule has 1 aromatic carbocycles. The van der Waals surface area contributed by atoms with E-state index in [4.69, 9.17) is 14.2 Å². The van der Waals surface area contributed by atoms with Crippen LogP contribution in [-0.2, 0) is 4.74 Å². The van der Waals surface area contributed by atoms with E-state index in [9.17, 15) is 4.79 Å². The maximum Gasteiger partial charge on any atom is 0.153 e. The largest absolute Gasteiger partial charge is 0.497 e. The molecule has 16 heavy (non-hydrogen) atoms. The molecule has 0 bridgehead atoms. The maximum atomic E-state index is 10.9. The van der Waals surface area contributed by atoms with Crippen molar-refractivity contribution in [2.75, 3.05) is 20.8 Å². The Morgan fingerprint density at radius 2 is 2.12 bits per heavy atom. The number of benzene rings is 1. The molecule has 0 amide bonds. The van der Waals surface area contributed by atoms with Gasteiger partial charge in [-0.05, 0) is 25.1 Å². The normalized spacial score (nSPS) is 11.9. The van der Waals surface area contributed by atoms with Crippen molar-refractivity contribution < 1.29 is 19.0 Å². The van der Waals surface area contributed by atoms with Gasteiger partial charge in [0.05, 0.1) is 19.3 Å². The highest BCUT2D eigenvalue weighted by Gasteiger charge is 2.08. The van der Waals surface area contributed by atoms with Crippen LogP contribution in [-0.4, -0.2) is 33.2 Å². The molecule has 0 saturated carbocycles. The van der Waals surface area contributed by atoms with E-state index in [-0.39, 0.29) is 6.10 Å². The van der Waals surface area contributed by atoms with Gasteiger partial charge >= 0.3 is 0 Å². The van der Waals surface area contributed by atoms with Gasteiger partial charge in [-0.25, -0.2) is 0 Å². The summed E-state index contributed by atoms with van der Waals surface area (Å²) < 4.78 is 15.5. The molecule has 0 fully saturated rings. The zero-order chi connectivity index (χ0) is 12.0. The Bertz CT molecular complexity index is 349. The SMILES string of the molecule is COCC(C)Oc1ccc(OC)cc1C=O. The molecule has 0 N–H and O–H groups in total. The Hall–Kier alpha value is -1.55. The molecule has 88 valence electrons. The number of methoxy groups -OCH3 is 2. The van der Waals surface area contributed by atoms with Crippen molar-refractivity contribution >= 4 is 6.29 Å². The van der Waals surface area contributed by atoms with Gasteiger partial charge < -0.3 is 14.2 Å². The lowest BCUT2D eigenvalue weighted by molar-refractivity contribution is 0.0905. The van der Waals surface area contributed by atoms with Gasteiger partial charge in [-0.15, -0.1) is 0 Å². The lowest BCUT2D eigenvalue weighted by Gasteiger charge is -2.15. The number of carbonyl (C=O) groups is 1. The van der Waals surface area contributed by atoms with Crippen LogP contribution in [0.4, 0.5) is 0 Å². The minimum Gasteiger partial charge on any atom is -0.497 e. The fourth-order valence-electron chi connectivity index (χ4n) is 1.34. The molecule has 0 aliphatic rings. The van der Waals surface area contributed by atoms with E-state index in [1.807, 2.05) is 6.92 Å². The van der Waals surface area contributed by atoms with Gasteiger partial charge in [-0.2, -0.15) is 0 Å². The number of ether oxygens (including phenoxy) is 3. The minimum atomic E-state index is -0.0999. The van der Waals surface area contributed by atoms with Crippen molar-refractivity contribution in [2.45, 2.75) is 13.0 Å². The molecule has 1 aromatic rings. The molecule has 1 rings (SSSR count). The molecule has 1 unspecified atom stereocenters. The first-order valence-corrected chi connectivity index (χ1v) is 5.00. The first-order valence-electron chi connectivity index (χ1n) is 5.00. The molecule has 0 heterocycles. The third-order valence-corrected chi connectivity index (χ3v) is 2.07. The van der Waals surface area contributed by atoms with E-state index in [1.165, 1.54) is 0 Å². The van der Waals surface area contributed by atoms with Gasteiger partial charge in [0.15, 0.2) is 6.29 Å². The van der Waals surface area contributed by atoms with Crippen molar-refractivity contribution in [3.05, 3.63) is 23.8 Å². The quantitative estimate of drug-likeness (QED) is 0.692. The summed E-state index contributed by atoms with van der Waals surface area (Å²) in [4.78, 5) is 10.9. The number of hydrogen-bond acceptors (Lipinski definition) is 4. The molecule has 0 spiro atoms. The molecule has 4 heteroatoms. The fraction of sp³-hybridized carbons (Fsp3) is 0.417. The van der Waals surface area contributed by atoms with E-state index in [2.05, 4.69) is 0 Å². The first kappa shape index (κ1) is 12.5. The van der Waals surface area contributed by atoms with E-state index in [0.29, 0.717) is 23.7 Å². The molecular formula is C12H16O4. The standard InChI is InChI=1S/C12H16O4/c1-9(8-14-2)16-12-5-4-11(15-3)6-10(12)7-13/h4-7,9H,8H2,1-3H3. The highest BCUT2D eigenvalue weighted by molar-refractivity contribution is 5.80. The van der Waals surface area contributed by atoms with E-state index in [0.717, 1.165) is 6.29 Å². The minimum absolute atomic E-state index is 0.0999. The fourth-order valence-corrected chi connectivity index (χ4v) is 1.34. The molecule has 0 aromatic heterocycles. The van der Waals surface area contributed by atoms with Crippen LogP contribution >= 0.6 is 0 Å². The van der Waals surface area contributed by atoms with E-state index < -0.39 is 0 Å². The summed E-state index contributed by atoms with van der Waals surface area (Å²) in [6.45, 7) is 2.35.